The van der Waals surface area contributed by atoms with Crippen molar-refractivity contribution in [1.29, 1.82) is 0 Å². The highest BCUT2D eigenvalue weighted by Crippen LogP contribution is 2.34. The lowest BCUT2D eigenvalue weighted by molar-refractivity contribution is 0.0693. The Kier molecular flexibility index (Phi) is 4.14. The topological polar surface area (TPSA) is 83.8 Å². The van der Waals surface area contributed by atoms with Gasteiger partial charge in [0.2, 0.25) is 0 Å². The number of methoxy groups -OCH3 is 1. The molecule has 0 unspecified atom stereocenters. The zero-order valence-corrected chi connectivity index (χ0v) is 11.7. The van der Waals surface area contributed by atoms with Crippen molar-refractivity contribution in [3.8, 4) is 16.9 Å². The van der Waals surface area contributed by atoms with Gasteiger partial charge in [0, 0.05) is 10.6 Å². The van der Waals surface area contributed by atoms with E-state index in [0.29, 0.717) is 10.6 Å². The summed E-state index contributed by atoms with van der Waals surface area (Å²) in [6.45, 7) is 0. The summed E-state index contributed by atoms with van der Waals surface area (Å²) in [5, 5.41) is 19.2. The molecule has 0 aliphatic carbocycles. The molecule has 108 valence electrons. The predicted molar refractivity (Wildman–Crippen MR) is 77.4 cm³/mol. The fraction of sp³-hybridized carbons (Fsp3) is 0.0667. The molecular weight excluding hydrogens is 296 g/mol. The van der Waals surface area contributed by atoms with E-state index in [1.165, 1.54) is 19.2 Å². The maximum atomic E-state index is 11.5. The summed E-state index contributed by atoms with van der Waals surface area (Å²) < 4.78 is 5.03. The van der Waals surface area contributed by atoms with Crippen LogP contribution in [0.1, 0.15) is 20.7 Å². The molecule has 0 amide bonds. The van der Waals surface area contributed by atoms with Crippen molar-refractivity contribution in [1.82, 2.24) is 0 Å². The van der Waals surface area contributed by atoms with Crippen molar-refractivity contribution < 1.29 is 24.5 Å². The summed E-state index contributed by atoms with van der Waals surface area (Å²) in [6.07, 6.45) is 0. The first kappa shape index (κ1) is 14.9. The Balaban J connectivity index is 2.84. The second kappa shape index (κ2) is 5.85. The first-order valence-electron chi connectivity index (χ1n) is 5.89. The Labute approximate surface area is 125 Å². The van der Waals surface area contributed by atoms with Gasteiger partial charge in [0.25, 0.3) is 0 Å². The second-order valence-electron chi connectivity index (χ2n) is 4.18. The van der Waals surface area contributed by atoms with Crippen LogP contribution in [0.15, 0.2) is 36.4 Å². The highest BCUT2D eigenvalue weighted by molar-refractivity contribution is 6.30. The molecule has 0 bridgehead atoms. The Morgan fingerprint density at radius 1 is 1.00 bits per heavy atom. The number of ether oxygens (including phenoxy) is 1. The monoisotopic (exact) mass is 306 g/mol. The Bertz CT molecular complexity index is 707. The van der Waals surface area contributed by atoms with E-state index < -0.39 is 11.9 Å². The van der Waals surface area contributed by atoms with Gasteiger partial charge in [-0.2, -0.15) is 0 Å². The molecule has 2 N–H and O–H groups in total. The number of halogens is 1. The largest absolute Gasteiger partial charge is 0.496 e. The minimum Gasteiger partial charge on any atom is -0.496 e. The van der Waals surface area contributed by atoms with E-state index in [-0.39, 0.29) is 22.4 Å². The van der Waals surface area contributed by atoms with Crippen LogP contribution < -0.4 is 4.74 Å². The molecule has 0 heterocycles. The average Bonchev–Trinajstić information content (AvgIpc) is 2.46. The van der Waals surface area contributed by atoms with Crippen molar-refractivity contribution in [3.05, 3.63) is 52.5 Å². The molecule has 6 heteroatoms. The normalized spacial score (nSPS) is 10.2. The van der Waals surface area contributed by atoms with E-state index in [1.807, 2.05) is 0 Å². The van der Waals surface area contributed by atoms with E-state index in [9.17, 15) is 19.8 Å². The van der Waals surface area contributed by atoms with Gasteiger partial charge in [0.05, 0.1) is 12.7 Å². The molecule has 0 aliphatic heterocycles. The zero-order valence-electron chi connectivity index (χ0n) is 11.0. The van der Waals surface area contributed by atoms with Crippen molar-refractivity contribution in [2.24, 2.45) is 0 Å². The number of carbonyl (C=O) groups is 2. The quantitative estimate of drug-likeness (QED) is 0.904. The number of rotatable bonds is 4. The van der Waals surface area contributed by atoms with Crippen molar-refractivity contribution >= 4 is 23.5 Å². The number of carboxylic acids is 2. The lowest BCUT2D eigenvalue weighted by atomic mass is 9.93. The lowest BCUT2D eigenvalue weighted by Crippen LogP contribution is -2.09. The van der Waals surface area contributed by atoms with Gasteiger partial charge >= 0.3 is 11.9 Å². The van der Waals surface area contributed by atoms with Crippen LogP contribution in [0.2, 0.25) is 5.02 Å². The maximum absolute atomic E-state index is 11.5. The molecule has 0 saturated carbocycles. The van der Waals surface area contributed by atoms with Crippen LogP contribution in [0.5, 0.6) is 5.75 Å². The summed E-state index contributed by atoms with van der Waals surface area (Å²) in [7, 11) is 1.33. The van der Waals surface area contributed by atoms with Gasteiger partial charge in [-0.25, -0.2) is 9.59 Å². The maximum Gasteiger partial charge on any atom is 0.340 e. The van der Waals surface area contributed by atoms with Crippen LogP contribution in [0.4, 0.5) is 0 Å². The Morgan fingerprint density at radius 2 is 1.62 bits per heavy atom. The molecule has 0 atom stereocenters. The van der Waals surface area contributed by atoms with Crippen LogP contribution in [0, 0.1) is 0 Å². The zero-order chi connectivity index (χ0) is 15.6. The standard InChI is InChI=1S/C15H11ClO5/c1-21-11-7-6-10(14(17)18)12(13(11)15(19)20)8-2-4-9(16)5-3-8/h2-7H,1H3,(H,17,18)(H,19,20). The average molecular weight is 307 g/mol. The van der Waals surface area contributed by atoms with Crippen LogP contribution in [0.3, 0.4) is 0 Å². The number of benzene rings is 2. The number of aromatic carboxylic acids is 2. The van der Waals surface area contributed by atoms with Gasteiger partial charge in [-0.15, -0.1) is 0 Å². The van der Waals surface area contributed by atoms with E-state index in [1.54, 1.807) is 24.3 Å². The van der Waals surface area contributed by atoms with Crippen molar-refractivity contribution in [2.45, 2.75) is 0 Å². The van der Waals surface area contributed by atoms with Crippen LogP contribution in [-0.4, -0.2) is 29.3 Å². The highest BCUT2D eigenvalue weighted by Gasteiger charge is 2.24. The summed E-state index contributed by atoms with van der Waals surface area (Å²) in [5.41, 5.74) is 0.217. The number of hydrogen-bond acceptors (Lipinski definition) is 3. The summed E-state index contributed by atoms with van der Waals surface area (Å²) >= 11 is 5.81. The fourth-order valence-electron chi connectivity index (χ4n) is 2.06. The van der Waals surface area contributed by atoms with Crippen molar-refractivity contribution in [2.75, 3.05) is 7.11 Å². The Morgan fingerprint density at radius 3 is 2.10 bits per heavy atom. The van der Waals surface area contributed by atoms with E-state index in [2.05, 4.69) is 0 Å². The molecule has 0 fully saturated rings. The smallest absolute Gasteiger partial charge is 0.340 e. The van der Waals surface area contributed by atoms with Crippen molar-refractivity contribution in [3.63, 3.8) is 0 Å². The molecule has 2 rings (SSSR count). The molecule has 2 aromatic rings. The van der Waals surface area contributed by atoms with Gasteiger partial charge in [-0.1, -0.05) is 23.7 Å². The Hall–Kier alpha value is -2.53. The predicted octanol–water partition coefficient (Wildman–Crippen LogP) is 3.41. The summed E-state index contributed by atoms with van der Waals surface area (Å²) in [6, 6.07) is 8.90. The number of hydrogen-bond donors (Lipinski definition) is 2. The summed E-state index contributed by atoms with van der Waals surface area (Å²) in [4.78, 5) is 22.9. The third kappa shape index (κ3) is 2.83. The summed E-state index contributed by atoms with van der Waals surface area (Å²) in [5.74, 6) is -2.39. The minimum absolute atomic E-state index is 0.0889. The molecule has 2 aromatic carbocycles. The van der Waals surface area contributed by atoms with Crippen LogP contribution in [-0.2, 0) is 0 Å². The molecular formula is C15H11ClO5. The first-order chi connectivity index (χ1) is 9.95. The van der Waals surface area contributed by atoms with Crippen LogP contribution >= 0.6 is 11.6 Å². The molecule has 0 aliphatic rings. The van der Waals surface area contributed by atoms with Gasteiger partial charge in [0.1, 0.15) is 11.3 Å². The molecule has 0 radical (unpaired) electrons. The van der Waals surface area contributed by atoms with Gasteiger partial charge < -0.3 is 14.9 Å². The third-order valence-corrected chi connectivity index (χ3v) is 3.22. The highest BCUT2D eigenvalue weighted by atomic mass is 35.5. The molecule has 21 heavy (non-hydrogen) atoms. The molecule has 0 saturated heterocycles. The van der Waals surface area contributed by atoms with E-state index >= 15 is 0 Å². The third-order valence-electron chi connectivity index (χ3n) is 2.96. The number of carboxylic acid groups (broad SMARTS) is 2. The van der Waals surface area contributed by atoms with E-state index in [0.717, 1.165) is 0 Å². The second-order valence-corrected chi connectivity index (χ2v) is 4.62. The minimum atomic E-state index is -1.26. The lowest BCUT2D eigenvalue weighted by Gasteiger charge is -2.14. The molecule has 0 spiro atoms. The first-order valence-corrected chi connectivity index (χ1v) is 6.27. The van der Waals surface area contributed by atoms with Gasteiger partial charge in [-0.3, -0.25) is 0 Å². The fourth-order valence-corrected chi connectivity index (χ4v) is 2.19. The SMILES string of the molecule is COc1ccc(C(=O)O)c(-c2ccc(Cl)cc2)c1C(=O)O. The van der Waals surface area contributed by atoms with Gasteiger partial charge in [0.15, 0.2) is 0 Å². The molecule has 0 aromatic heterocycles. The van der Waals surface area contributed by atoms with Gasteiger partial charge in [-0.05, 0) is 29.8 Å². The van der Waals surface area contributed by atoms with E-state index in [4.69, 9.17) is 16.3 Å². The van der Waals surface area contributed by atoms with Crippen LogP contribution in [0.25, 0.3) is 11.1 Å². The molecule has 5 nitrogen and oxygen atoms in total.